The summed E-state index contributed by atoms with van der Waals surface area (Å²) in [4.78, 5) is 3.46. The number of phenols is 1. The van der Waals surface area contributed by atoms with Gasteiger partial charge in [0.1, 0.15) is 5.75 Å². The Labute approximate surface area is 126 Å². The van der Waals surface area contributed by atoms with Crippen LogP contribution in [0.2, 0.25) is 5.02 Å². The van der Waals surface area contributed by atoms with Gasteiger partial charge in [0.25, 0.3) is 0 Å². The van der Waals surface area contributed by atoms with E-state index in [0.717, 1.165) is 22.2 Å². The smallest absolute Gasteiger partial charge is 0.134 e. The number of aromatic hydroxyl groups is 1. The summed E-state index contributed by atoms with van der Waals surface area (Å²) in [7, 11) is 0. The molecule has 0 radical (unpaired) electrons. The Morgan fingerprint density at radius 2 is 1.67 bits per heavy atom. The molecular formula is C18H12ClNO. The molecule has 0 fully saturated rings. The van der Waals surface area contributed by atoms with E-state index in [1.807, 2.05) is 30.3 Å². The Morgan fingerprint density at radius 3 is 2.52 bits per heavy atom. The van der Waals surface area contributed by atoms with E-state index in [9.17, 15) is 5.11 Å². The lowest BCUT2D eigenvalue weighted by Gasteiger charge is -2.05. The lowest BCUT2D eigenvalue weighted by Crippen LogP contribution is -1.81. The van der Waals surface area contributed by atoms with Crippen LogP contribution in [0.4, 0.5) is 0 Å². The first-order chi connectivity index (χ1) is 10.2. The monoisotopic (exact) mass is 293 g/mol. The maximum Gasteiger partial charge on any atom is 0.134 e. The van der Waals surface area contributed by atoms with Crippen LogP contribution in [-0.2, 0) is 0 Å². The van der Waals surface area contributed by atoms with Crippen molar-refractivity contribution in [2.75, 3.05) is 0 Å². The van der Waals surface area contributed by atoms with Crippen LogP contribution in [-0.4, -0.2) is 10.1 Å². The molecule has 0 aliphatic heterocycles. The normalized spacial score (nSPS) is 11.3. The van der Waals surface area contributed by atoms with E-state index in [1.54, 1.807) is 12.1 Å². The minimum Gasteiger partial charge on any atom is -0.506 e. The quantitative estimate of drug-likeness (QED) is 0.488. The summed E-state index contributed by atoms with van der Waals surface area (Å²) in [5.74, 6) is 0.0993. The van der Waals surface area contributed by atoms with Gasteiger partial charge in [-0.2, -0.15) is 0 Å². The Morgan fingerprint density at radius 1 is 0.857 bits per heavy atom. The number of fused-ring (bicyclic) bond motifs is 3. The summed E-state index contributed by atoms with van der Waals surface area (Å²) in [5.41, 5.74) is 4.17. The average molecular weight is 294 g/mol. The molecule has 0 atom stereocenters. The van der Waals surface area contributed by atoms with Gasteiger partial charge in [-0.05, 0) is 23.8 Å². The average Bonchev–Trinajstić information content (AvgIpc) is 2.89. The molecule has 0 bridgehead atoms. The number of phenolic OH excluding ortho intramolecular Hbond substituents is 1. The minimum atomic E-state index is 0.0993. The molecule has 0 saturated carbocycles. The van der Waals surface area contributed by atoms with E-state index >= 15 is 0 Å². The zero-order valence-electron chi connectivity index (χ0n) is 11.1. The van der Waals surface area contributed by atoms with Crippen LogP contribution in [0.1, 0.15) is 0 Å². The highest BCUT2D eigenvalue weighted by Gasteiger charge is 2.10. The Hall–Kier alpha value is -2.45. The second kappa shape index (κ2) is 4.54. The number of aromatic amines is 1. The maximum atomic E-state index is 9.83. The number of para-hydroxylation sites is 2. The third kappa shape index (κ3) is 1.88. The van der Waals surface area contributed by atoms with Crippen molar-refractivity contribution in [1.82, 2.24) is 4.98 Å². The predicted octanol–water partition coefficient (Wildman–Crippen LogP) is 5.35. The SMILES string of the molecule is Oc1cc(-c2cccc3c2[nH]c2ccccc23)ccc1Cl. The van der Waals surface area contributed by atoms with E-state index in [-0.39, 0.29) is 5.75 Å². The van der Waals surface area contributed by atoms with Crippen LogP contribution in [0.25, 0.3) is 32.9 Å². The van der Waals surface area contributed by atoms with E-state index in [1.165, 1.54) is 10.8 Å². The van der Waals surface area contributed by atoms with Crippen LogP contribution in [0.3, 0.4) is 0 Å². The number of aromatic nitrogens is 1. The van der Waals surface area contributed by atoms with Gasteiger partial charge in [-0.15, -0.1) is 0 Å². The molecule has 0 amide bonds. The van der Waals surface area contributed by atoms with E-state index in [2.05, 4.69) is 23.2 Å². The van der Waals surface area contributed by atoms with E-state index in [0.29, 0.717) is 5.02 Å². The molecule has 1 heterocycles. The fourth-order valence-corrected chi connectivity index (χ4v) is 2.91. The first kappa shape index (κ1) is 12.3. The van der Waals surface area contributed by atoms with E-state index < -0.39 is 0 Å². The summed E-state index contributed by atoms with van der Waals surface area (Å²) in [5, 5.41) is 12.6. The number of hydrogen-bond acceptors (Lipinski definition) is 1. The first-order valence-corrected chi connectivity index (χ1v) is 7.10. The fraction of sp³-hybridized carbons (Fsp3) is 0. The molecule has 102 valence electrons. The number of benzene rings is 3. The van der Waals surface area contributed by atoms with Gasteiger partial charge in [0, 0.05) is 21.9 Å². The van der Waals surface area contributed by atoms with Crippen LogP contribution in [0.15, 0.2) is 60.7 Å². The van der Waals surface area contributed by atoms with Crippen molar-refractivity contribution < 1.29 is 5.11 Å². The largest absolute Gasteiger partial charge is 0.506 e. The van der Waals surface area contributed by atoms with Crippen molar-refractivity contribution in [2.24, 2.45) is 0 Å². The van der Waals surface area contributed by atoms with Crippen molar-refractivity contribution in [3.05, 3.63) is 65.7 Å². The molecule has 3 heteroatoms. The van der Waals surface area contributed by atoms with Crippen LogP contribution < -0.4 is 0 Å². The Bertz CT molecular complexity index is 971. The third-order valence-electron chi connectivity index (χ3n) is 3.80. The molecule has 1 aromatic heterocycles. The van der Waals surface area contributed by atoms with Crippen molar-refractivity contribution in [1.29, 1.82) is 0 Å². The van der Waals surface area contributed by atoms with E-state index in [4.69, 9.17) is 11.6 Å². The van der Waals surface area contributed by atoms with Gasteiger partial charge < -0.3 is 10.1 Å². The molecule has 0 aliphatic rings. The van der Waals surface area contributed by atoms with Crippen LogP contribution in [0, 0.1) is 0 Å². The molecule has 0 saturated heterocycles. The Balaban J connectivity index is 2.06. The van der Waals surface area contributed by atoms with Gasteiger partial charge >= 0.3 is 0 Å². The second-order valence-electron chi connectivity index (χ2n) is 5.06. The highest BCUT2D eigenvalue weighted by molar-refractivity contribution is 6.32. The molecule has 0 unspecified atom stereocenters. The van der Waals surface area contributed by atoms with Gasteiger partial charge in [0.2, 0.25) is 0 Å². The highest BCUT2D eigenvalue weighted by atomic mass is 35.5. The van der Waals surface area contributed by atoms with Crippen LogP contribution in [0.5, 0.6) is 5.75 Å². The van der Waals surface area contributed by atoms with Gasteiger partial charge in [0.15, 0.2) is 0 Å². The van der Waals surface area contributed by atoms with Gasteiger partial charge in [-0.1, -0.05) is 54.1 Å². The summed E-state index contributed by atoms with van der Waals surface area (Å²) >= 11 is 5.89. The molecular weight excluding hydrogens is 282 g/mol. The lowest BCUT2D eigenvalue weighted by atomic mass is 10.0. The molecule has 2 N–H and O–H groups in total. The number of rotatable bonds is 1. The second-order valence-corrected chi connectivity index (χ2v) is 5.47. The van der Waals surface area contributed by atoms with Gasteiger partial charge in [-0.3, -0.25) is 0 Å². The number of hydrogen-bond donors (Lipinski definition) is 2. The van der Waals surface area contributed by atoms with Crippen molar-refractivity contribution in [3.63, 3.8) is 0 Å². The minimum absolute atomic E-state index is 0.0993. The zero-order valence-corrected chi connectivity index (χ0v) is 11.9. The third-order valence-corrected chi connectivity index (χ3v) is 4.12. The van der Waals surface area contributed by atoms with Crippen molar-refractivity contribution >= 4 is 33.4 Å². The fourth-order valence-electron chi connectivity index (χ4n) is 2.79. The van der Waals surface area contributed by atoms with Crippen molar-refractivity contribution in [3.8, 4) is 16.9 Å². The molecule has 2 nitrogen and oxygen atoms in total. The molecule has 3 aromatic carbocycles. The summed E-state index contributed by atoms with van der Waals surface area (Å²) in [6, 6.07) is 19.7. The number of halogens is 1. The molecule has 0 aliphatic carbocycles. The topological polar surface area (TPSA) is 36.0 Å². The molecule has 4 aromatic rings. The summed E-state index contributed by atoms with van der Waals surface area (Å²) < 4.78 is 0. The maximum absolute atomic E-state index is 9.83. The molecule has 0 spiro atoms. The molecule has 4 rings (SSSR count). The summed E-state index contributed by atoms with van der Waals surface area (Å²) in [6.45, 7) is 0. The standard InChI is InChI=1S/C18H12ClNO/c19-15-9-8-11(10-17(15)21)12-5-3-6-14-13-4-1-2-7-16(13)20-18(12)14/h1-10,20-21H. The first-order valence-electron chi connectivity index (χ1n) is 6.72. The number of H-pyrrole nitrogens is 1. The highest BCUT2D eigenvalue weighted by Crippen LogP contribution is 2.35. The van der Waals surface area contributed by atoms with Crippen LogP contribution >= 0.6 is 11.6 Å². The van der Waals surface area contributed by atoms with Crippen molar-refractivity contribution in [2.45, 2.75) is 0 Å². The van der Waals surface area contributed by atoms with Gasteiger partial charge in [0.05, 0.1) is 10.5 Å². The summed E-state index contributed by atoms with van der Waals surface area (Å²) in [6.07, 6.45) is 0. The predicted molar refractivity (Wildman–Crippen MR) is 87.9 cm³/mol. The zero-order chi connectivity index (χ0) is 14.4. The van der Waals surface area contributed by atoms with Gasteiger partial charge in [-0.25, -0.2) is 0 Å². The Kier molecular flexibility index (Phi) is 2.66. The molecule has 21 heavy (non-hydrogen) atoms. The number of nitrogens with one attached hydrogen (secondary N) is 1. The lowest BCUT2D eigenvalue weighted by molar-refractivity contribution is 0.476.